The molecule has 2 heterocycles. The molecule has 5 heteroatoms. The van der Waals surface area contributed by atoms with Gasteiger partial charge in [0.25, 0.3) is 0 Å². The van der Waals surface area contributed by atoms with Crippen LogP contribution in [0.2, 0.25) is 0 Å². The van der Waals surface area contributed by atoms with Gasteiger partial charge in [0, 0.05) is 32.4 Å². The number of nitrogens with zero attached hydrogens (tertiary/aromatic N) is 3. The smallest absolute Gasteiger partial charge is 0.226 e. The standard InChI is InChI=1S/C25H35N3O2/c1-5-28(6-2)25(29)22-10-8-12-27(17-22)16-21-9-7-11-23(14-21)30-18-24-20(4)13-19(3)15-26-24/h7,9,11,13-15,22H,5-6,8,10,12,16-18H2,1-4H3. The summed E-state index contributed by atoms with van der Waals surface area (Å²) in [5.41, 5.74) is 4.51. The molecular formula is C25H35N3O2. The maximum atomic E-state index is 12.8. The molecule has 0 aliphatic carbocycles. The van der Waals surface area contributed by atoms with Crippen molar-refractivity contribution < 1.29 is 9.53 Å². The van der Waals surface area contributed by atoms with Crippen molar-refractivity contribution in [2.24, 2.45) is 5.92 Å². The Balaban J connectivity index is 1.58. The van der Waals surface area contributed by atoms with E-state index in [1.165, 1.54) is 5.56 Å². The number of carbonyl (C=O) groups excluding carboxylic acids is 1. The monoisotopic (exact) mass is 409 g/mol. The average Bonchev–Trinajstić information content (AvgIpc) is 2.74. The van der Waals surface area contributed by atoms with Crippen molar-refractivity contribution in [3.63, 3.8) is 0 Å². The minimum Gasteiger partial charge on any atom is -0.487 e. The normalized spacial score (nSPS) is 17.0. The molecule has 1 unspecified atom stereocenters. The molecule has 1 aliphatic rings. The maximum absolute atomic E-state index is 12.8. The van der Waals surface area contributed by atoms with Crippen LogP contribution in [0.15, 0.2) is 36.5 Å². The molecule has 1 fully saturated rings. The summed E-state index contributed by atoms with van der Waals surface area (Å²) in [5, 5.41) is 0. The summed E-state index contributed by atoms with van der Waals surface area (Å²) in [7, 11) is 0. The Morgan fingerprint density at radius 3 is 2.77 bits per heavy atom. The lowest BCUT2D eigenvalue weighted by Crippen LogP contribution is -2.44. The number of pyridine rings is 1. The van der Waals surface area contributed by atoms with E-state index in [0.717, 1.165) is 68.1 Å². The first kappa shape index (κ1) is 22.3. The van der Waals surface area contributed by atoms with Gasteiger partial charge in [0.1, 0.15) is 12.4 Å². The Kier molecular flexibility index (Phi) is 7.86. The molecule has 0 saturated carbocycles. The highest BCUT2D eigenvalue weighted by atomic mass is 16.5. The molecule has 162 valence electrons. The second-order valence-corrected chi connectivity index (χ2v) is 8.30. The third-order valence-electron chi connectivity index (χ3n) is 5.93. The predicted octanol–water partition coefficient (Wildman–Crippen LogP) is 4.36. The van der Waals surface area contributed by atoms with Crippen molar-refractivity contribution in [3.05, 3.63) is 58.9 Å². The van der Waals surface area contributed by atoms with E-state index in [9.17, 15) is 4.79 Å². The Morgan fingerprint density at radius 2 is 2.03 bits per heavy atom. The highest BCUT2D eigenvalue weighted by molar-refractivity contribution is 5.79. The summed E-state index contributed by atoms with van der Waals surface area (Å²) in [6.45, 7) is 13.0. The van der Waals surface area contributed by atoms with Crippen molar-refractivity contribution in [2.75, 3.05) is 26.2 Å². The van der Waals surface area contributed by atoms with E-state index in [4.69, 9.17) is 4.74 Å². The third-order valence-corrected chi connectivity index (χ3v) is 5.93. The minimum atomic E-state index is 0.119. The lowest BCUT2D eigenvalue weighted by atomic mass is 9.96. The highest BCUT2D eigenvalue weighted by Gasteiger charge is 2.28. The quantitative estimate of drug-likeness (QED) is 0.650. The fraction of sp³-hybridized carbons (Fsp3) is 0.520. The van der Waals surface area contributed by atoms with Crippen LogP contribution >= 0.6 is 0 Å². The van der Waals surface area contributed by atoms with Gasteiger partial charge in [0.15, 0.2) is 0 Å². The van der Waals surface area contributed by atoms with Gasteiger partial charge in [-0.2, -0.15) is 0 Å². The van der Waals surface area contributed by atoms with Crippen molar-refractivity contribution in [3.8, 4) is 5.75 Å². The van der Waals surface area contributed by atoms with Gasteiger partial charge in [-0.3, -0.25) is 14.7 Å². The van der Waals surface area contributed by atoms with Gasteiger partial charge in [-0.05, 0) is 75.9 Å². The molecule has 0 spiro atoms. The maximum Gasteiger partial charge on any atom is 0.226 e. The summed E-state index contributed by atoms with van der Waals surface area (Å²) in [6, 6.07) is 10.4. The summed E-state index contributed by atoms with van der Waals surface area (Å²) in [6.07, 6.45) is 3.96. The van der Waals surface area contributed by atoms with Crippen molar-refractivity contribution >= 4 is 5.91 Å². The zero-order valence-corrected chi connectivity index (χ0v) is 18.9. The number of carbonyl (C=O) groups is 1. The fourth-order valence-corrected chi connectivity index (χ4v) is 4.23. The highest BCUT2D eigenvalue weighted by Crippen LogP contribution is 2.22. The largest absolute Gasteiger partial charge is 0.487 e. The average molecular weight is 410 g/mol. The summed E-state index contributed by atoms with van der Waals surface area (Å²) < 4.78 is 6.02. The van der Waals surface area contributed by atoms with Gasteiger partial charge in [-0.1, -0.05) is 18.2 Å². The summed E-state index contributed by atoms with van der Waals surface area (Å²) in [5.74, 6) is 1.29. The molecule has 0 radical (unpaired) electrons. The first-order valence-electron chi connectivity index (χ1n) is 11.1. The van der Waals surface area contributed by atoms with Gasteiger partial charge in [-0.15, -0.1) is 0 Å². The van der Waals surface area contributed by atoms with Gasteiger partial charge in [-0.25, -0.2) is 0 Å². The summed E-state index contributed by atoms with van der Waals surface area (Å²) in [4.78, 5) is 21.6. The molecule has 1 atom stereocenters. The van der Waals surface area contributed by atoms with Crippen LogP contribution in [0.4, 0.5) is 0 Å². The Hall–Kier alpha value is -2.40. The van der Waals surface area contributed by atoms with Crippen LogP contribution in [-0.2, 0) is 17.9 Å². The van der Waals surface area contributed by atoms with Crippen LogP contribution in [0.5, 0.6) is 5.75 Å². The molecular weight excluding hydrogens is 374 g/mol. The topological polar surface area (TPSA) is 45.7 Å². The van der Waals surface area contributed by atoms with Crippen LogP contribution in [-0.4, -0.2) is 46.9 Å². The van der Waals surface area contributed by atoms with Crippen molar-refractivity contribution in [1.29, 1.82) is 0 Å². The molecule has 1 saturated heterocycles. The molecule has 5 nitrogen and oxygen atoms in total. The molecule has 1 aliphatic heterocycles. The van der Waals surface area contributed by atoms with Crippen LogP contribution in [0.3, 0.4) is 0 Å². The first-order valence-corrected chi connectivity index (χ1v) is 11.1. The van der Waals surface area contributed by atoms with Gasteiger partial charge >= 0.3 is 0 Å². The number of piperidine rings is 1. The van der Waals surface area contributed by atoms with E-state index in [1.54, 1.807) is 0 Å². The molecule has 1 amide bonds. The van der Waals surface area contributed by atoms with Crippen LogP contribution in [0, 0.1) is 19.8 Å². The number of aromatic nitrogens is 1. The molecule has 1 aromatic heterocycles. The van der Waals surface area contributed by atoms with Gasteiger partial charge in [0.05, 0.1) is 11.6 Å². The van der Waals surface area contributed by atoms with E-state index in [0.29, 0.717) is 12.5 Å². The number of hydrogen-bond acceptors (Lipinski definition) is 4. The molecule has 3 rings (SSSR count). The first-order chi connectivity index (χ1) is 14.5. The lowest BCUT2D eigenvalue weighted by Gasteiger charge is -2.34. The number of amides is 1. The molecule has 2 aromatic rings. The van der Waals surface area contributed by atoms with Crippen LogP contribution in [0.25, 0.3) is 0 Å². The van der Waals surface area contributed by atoms with E-state index < -0.39 is 0 Å². The van der Waals surface area contributed by atoms with Crippen LogP contribution in [0.1, 0.15) is 49.1 Å². The molecule has 0 N–H and O–H groups in total. The second kappa shape index (κ2) is 10.6. The van der Waals surface area contributed by atoms with Gasteiger partial charge in [0.2, 0.25) is 5.91 Å². The van der Waals surface area contributed by atoms with E-state index in [2.05, 4.69) is 55.8 Å². The van der Waals surface area contributed by atoms with Crippen molar-refractivity contribution in [2.45, 2.75) is 53.7 Å². The SMILES string of the molecule is CCN(CC)C(=O)C1CCCN(Cc2cccc(OCc3ncc(C)cc3C)c2)C1. The summed E-state index contributed by atoms with van der Waals surface area (Å²) >= 11 is 0. The zero-order valence-electron chi connectivity index (χ0n) is 18.9. The molecule has 0 bridgehead atoms. The number of aryl methyl sites for hydroxylation is 2. The second-order valence-electron chi connectivity index (χ2n) is 8.30. The Labute approximate surface area is 181 Å². The van der Waals surface area contributed by atoms with E-state index in [1.807, 2.05) is 23.2 Å². The van der Waals surface area contributed by atoms with E-state index in [-0.39, 0.29) is 5.92 Å². The minimum absolute atomic E-state index is 0.119. The van der Waals surface area contributed by atoms with Crippen molar-refractivity contribution in [1.82, 2.24) is 14.8 Å². The number of rotatable bonds is 8. The lowest BCUT2D eigenvalue weighted by molar-refractivity contribution is -0.137. The zero-order chi connectivity index (χ0) is 21.5. The number of likely N-dealkylation sites (tertiary alicyclic amines) is 1. The predicted molar refractivity (Wildman–Crippen MR) is 120 cm³/mol. The fourth-order valence-electron chi connectivity index (χ4n) is 4.23. The third kappa shape index (κ3) is 5.82. The van der Waals surface area contributed by atoms with Crippen LogP contribution < -0.4 is 4.74 Å². The number of benzene rings is 1. The Bertz CT molecular complexity index is 848. The molecule has 30 heavy (non-hydrogen) atoms. The number of ether oxygens (including phenoxy) is 1. The Morgan fingerprint density at radius 1 is 1.23 bits per heavy atom. The molecule has 1 aromatic carbocycles. The van der Waals surface area contributed by atoms with E-state index >= 15 is 0 Å². The van der Waals surface area contributed by atoms with Gasteiger partial charge < -0.3 is 9.64 Å². The number of hydrogen-bond donors (Lipinski definition) is 0.